The summed E-state index contributed by atoms with van der Waals surface area (Å²) < 4.78 is 25.5. The molecule has 1 amide bonds. The van der Waals surface area contributed by atoms with Gasteiger partial charge in [0.2, 0.25) is 10.0 Å². The topological polar surface area (TPSA) is 86.7 Å². The molecule has 9 heteroatoms. The van der Waals surface area contributed by atoms with Crippen LogP contribution in [0.1, 0.15) is 10.4 Å². The lowest BCUT2D eigenvalue weighted by atomic mass is 10.2. The van der Waals surface area contributed by atoms with E-state index in [9.17, 15) is 18.3 Å². The highest BCUT2D eigenvalue weighted by Crippen LogP contribution is 2.30. The van der Waals surface area contributed by atoms with Gasteiger partial charge in [0.05, 0.1) is 15.6 Å². The van der Waals surface area contributed by atoms with Crippen LogP contribution in [0.5, 0.6) is 5.75 Å². The molecule has 2 N–H and O–H groups in total. The summed E-state index contributed by atoms with van der Waals surface area (Å²) in [4.78, 5) is 12.2. The minimum absolute atomic E-state index is 0.0222. The first-order valence-corrected chi connectivity index (χ1v) is 8.84. The lowest BCUT2D eigenvalue weighted by Gasteiger charge is -2.15. The highest BCUT2D eigenvalue weighted by atomic mass is 35.5. The Morgan fingerprint density at radius 3 is 2.21 bits per heavy atom. The molecule has 0 bridgehead atoms. The van der Waals surface area contributed by atoms with E-state index in [1.807, 2.05) is 0 Å². The van der Waals surface area contributed by atoms with Crippen molar-refractivity contribution in [3.05, 3.63) is 52.0 Å². The summed E-state index contributed by atoms with van der Waals surface area (Å²) >= 11 is 12.0. The van der Waals surface area contributed by atoms with Gasteiger partial charge in [-0.05, 0) is 36.4 Å². The van der Waals surface area contributed by atoms with E-state index in [0.717, 1.165) is 10.4 Å². The van der Waals surface area contributed by atoms with E-state index in [1.54, 1.807) is 0 Å². The van der Waals surface area contributed by atoms with Crippen molar-refractivity contribution in [2.45, 2.75) is 4.90 Å². The van der Waals surface area contributed by atoms with Crippen LogP contribution in [0.15, 0.2) is 41.3 Å². The zero-order valence-electron chi connectivity index (χ0n) is 12.7. The number of phenolic OH excluding ortho intramolecular Hbond substituents is 1. The number of hydrogen-bond donors (Lipinski definition) is 2. The van der Waals surface area contributed by atoms with Crippen LogP contribution in [0, 0.1) is 0 Å². The molecule has 0 aromatic heterocycles. The van der Waals surface area contributed by atoms with Gasteiger partial charge in [0, 0.05) is 19.8 Å². The maximum absolute atomic E-state index is 12.4. The standard InChI is InChI=1S/C15H14Cl2N2O4S/c1-19(2)24(22,23)14-7-11(12(16)8-13(14)17)15(21)18-9-3-5-10(20)6-4-9/h3-8,20H,1-2H3,(H,18,21). The molecule has 2 aromatic carbocycles. The van der Waals surface area contributed by atoms with E-state index >= 15 is 0 Å². The number of benzene rings is 2. The summed E-state index contributed by atoms with van der Waals surface area (Å²) in [6.45, 7) is 0. The molecule has 128 valence electrons. The highest BCUT2D eigenvalue weighted by Gasteiger charge is 2.24. The molecule has 0 spiro atoms. The van der Waals surface area contributed by atoms with E-state index in [4.69, 9.17) is 23.2 Å². The van der Waals surface area contributed by atoms with Crippen LogP contribution in [0.25, 0.3) is 0 Å². The first-order chi connectivity index (χ1) is 11.1. The Kier molecular flexibility index (Phi) is 5.39. The van der Waals surface area contributed by atoms with E-state index in [-0.39, 0.29) is 26.3 Å². The number of anilines is 1. The third-order valence-corrected chi connectivity index (χ3v) is 5.74. The van der Waals surface area contributed by atoms with Crippen molar-refractivity contribution >= 4 is 44.8 Å². The molecule has 0 aliphatic carbocycles. The van der Waals surface area contributed by atoms with Crippen molar-refractivity contribution in [2.75, 3.05) is 19.4 Å². The van der Waals surface area contributed by atoms with Crippen LogP contribution in [0.4, 0.5) is 5.69 Å². The van der Waals surface area contributed by atoms with E-state index in [0.29, 0.717) is 5.69 Å². The molecule has 0 saturated carbocycles. The second-order valence-corrected chi connectivity index (χ2v) is 7.99. The lowest BCUT2D eigenvalue weighted by Crippen LogP contribution is -2.23. The number of amides is 1. The molecule has 0 unspecified atom stereocenters. The van der Waals surface area contributed by atoms with Gasteiger partial charge in [-0.2, -0.15) is 0 Å². The molecule has 2 rings (SSSR count). The number of halogens is 2. The second kappa shape index (κ2) is 6.98. The van der Waals surface area contributed by atoms with Crippen LogP contribution >= 0.6 is 23.2 Å². The van der Waals surface area contributed by atoms with Gasteiger partial charge in [0.15, 0.2) is 0 Å². The Hall–Kier alpha value is -1.80. The Bertz CT molecular complexity index is 881. The first-order valence-electron chi connectivity index (χ1n) is 6.65. The fraction of sp³-hybridized carbons (Fsp3) is 0.133. The number of carbonyl (C=O) groups is 1. The Morgan fingerprint density at radius 2 is 1.67 bits per heavy atom. The zero-order valence-corrected chi connectivity index (χ0v) is 15.1. The van der Waals surface area contributed by atoms with Gasteiger partial charge in [0.25, 0.3) is 5.91 Å². The SMILES string of the molecule is CN(C)S(=O)(=O)c1cc(C(=O)Nc2ccc(O)cc2)c(Cl)cc1Cl. The number of carbonyl (C=O) groups excluding carboxylic acids is 1. The molecule has 6 nitrogen and oxygen atoms in total. The summed E-state index contributed by atoms with van der Waals surface area (Å²) in [5, 5.41) is 11.8. The van der Waals surface area contributed by atoms with Gasteiger partial charge < -0.3 is 10.4 Å². The van der Waals surface area contributed by atoms with E-state index in [2.05, 4.69) is 5.32 Å². The van der Waals surface area contributed by atoms with Gasteiger partial charge in [-0.25, -0.2) is 12.7 Å². The van der Waals surface area contributed by atoms with Crippen LogP contribution < -0.4 is 5.32 Å². The summed E-state index contributed by atoms with van der Waals surface area (Å²) in [7, 11) is -1.11. The molecule has 0 fully saturated rings. The zero-order chi connectivity index (χ0) is 18.1. The maximum atomic E-state index is 12.4. The number of rotatable bonds is 4. The van der Waals surface area contributed by atoms with Crippen molar-refractivity contribution in [2.24, 2.45) is 0 Å². The van der Waals surface area contributed by atoms with Crippen LogP contribution in [0.2, 0.25) is 10.0 Å². The smallest absolute Gasteiger partial charge is 0.257 e. The van der Waals surface area contributed by atoms with Crippen LogP contribution in [-0.2, 0) is 10.0 Å². The molecular weight excluding hydrogens is 375 g/mol. The van der Waals surface area contributed by atoms with Crippen LogP contribution in [0.3, 0.4) is 0 Å². The summed E-state index contributed by atoms with van der Waals surface area (Å²) in [5.41, 5.74) is 0.385. The number of nitrogens with one attached hydrogen (secondary N) is 1. The van der Waals surface area contributed by atoms with Gasteiger partial charge in [-0.3, -0.25) is 4.79 Å². The fourth-order valence-corrected chi connectivity index (χ4v) is 3.57. The minimum Gasteiger partial charge on any atom is -0.508 e. The Labute approximate surface area is 149 Å². The quantitative estimate of drug-likeness (QED) is 0.787. The molecule has 0 aliphatic rings. The van der Waals surface area contributed by atoms with Gasteiger partial charge in [-0.15, -0.1) is 0 Å². The highest BCUT2D eigenvalue weighted by molar-refractivity contribution is 7.89. The van der Waals surface area contributed by atoms with Crippen molar-refractivity contribution < 1.29 is 18.3 Å². The number of nitrogens with zero attached hydrogens (tertiary/aromatic N) is 1. The summed E-state index contributed by atoms with van der Waals surface area (Å²) in [6.07, 6.45) is 0. The maximum Gasteiger partial charge on any atom is 0.257 e. The van der Waals surface area contributed by atoms with Crippen molar-refractivity contribution in [3.63, 3.8) is 0 Å². The molecule has 2 aromatic rings. The third-order valence-electron chi connectivity index (χ3n) is 3.15. The molecule has 0 aliphatic heterocycles. The largest absolute Gasteiger partial charge is 0.508 e. The van der Waals surface area contributed by atoms with Crippen molar-refractivity contribution in [1.29, 1.82) is 0 Å². The second-order valence-electron chi connectivity index (χ2n) is 5.05. The normalized spacial score (nSPS) is 11.5. The monoisotopic (exact) mass is 388 g/mol. The first kappa shape index (κ1) is 18.5. The van der Waals surface area contributed by atoms with E-state index < -0.39 is 15.9 Å². The average molecular weight is 389 g/mol. The number of phenols is 1. The van der Waals surface area contributed by atoms with Crippen molar-refractivity contribution in [1.82, 2.24) is 4.31 Å². The minimum atomic E-state index is -3.83. The Morgan fingerprint density at radius 1 is 1.08 bits per heavy atom. The van der Waals surface area contributed by atoms with Crippen LogP contribution in [-0.4, -0.2) is 37.8 Å². The number of hydrogen-bond acceptors (Lipinski definition) is 4. The Balaban J connectivity index is 2.43. The molecule has 24 heavy (non-hydrogen) atoms. The number of aromatic hydroxyl groups is 1. The summed E-state index contributed by atoms with van der Waals surface area (Å²) in [6, 6.07) is 8.14. The lowest BCUT2D eigenvalue weighted by molar-refractivity contribution is 0.102. The predicted octanol–water partition coefficient (Wildman–Crippen LogP) is 3.20. The van der Waals surface area contributed by atoms with Gasteiger partial charge >= 0.3 is 0 Å². The van der Waals surface area contributed by atoms with Gasteiger partial charge in [0.1, 0.15) is 10.6 Å². The molecule has 0 saturated heterocycles. The summed E-state index contributed by atoms with van der Waals surface area (Å²) in [5.74, 6) is -0.547. The average Bonchev–Trinajstić information content (AvgIpc) is 2.49. The molecule has 0 heterocycles. The number of sulfonamides is 1. The third kappa shape index (κ3) is 3.81. The fourth-order valence-electron chi connectivity index (χ4n) is 1.84. The molecular formula is C15H14Cl2N2O4S. The van der Waals surface area contributed by atoms with Gasteiger partial charge in [-0.1, -0.05) is 23.2 Å². The molecule has 0 atom stereocenters. The van der Waals surface area contributed by atoms with Crippen molar-refractivity contribution in [3.8, 4) is 5.75 Å². The van der Waals surface area contributed by atoms with E-state index in [1.165, 1.54) is 44.4 Å². The predicted molar refractivity (Wildman–Crippen MR) is 93.4 cm³/mol. The molecule has 0 radical (unpaired) electrons.